The van der Waals surface area contributed by atoms with Crippen LogP contribution in [0.15, 0.2) is 24.0 Å². The van der Waals surface area contributed by atoms with Crippen molar-refractivity contribution in [2.45, 2.75) is 6.42 Å². The molecule has 0 aromatic heterocycles. The molecule has 0 atom stereocenters. The van der Waals surface area contributed by atoms with Crippen molar-refractivity contribution in [1.82, 2.24) is 5.32 Å². The highest BCUT2D eigenvalue weighted by Crippen LogP contribution is 2.00. The summed E-state index contributed by atoms with van der Waals surface area (Å²) in [5.74, 6) is -0.315. The smallest absolute Gasteiger partial charge is 0.354 e. The van der Waals surface area contributed by atoms with Crippen molar-refractivity contribution >= 4 is 5.97 Å². The number of esters is 1. The molecule has 3 heteroatoms. The Hall–Kier alpha value is -1.25. The summed E-state index contributed by atoms with van der Waals surface area (Å²) < 4.78 is 4.49. The van der Waals surface area contributed by atoms with E-state index in [2.05, 4.69) is 10.1 Å². The molecule has 0 radical (unpaired) electrons. The zero-order valence-corrected chi connectivity index (χ0v) is 5.76. The third-order valence-electron chi connectivity index (χ3n) is 1.22. The lowest BCUT2D eigenvalue weighted by Crippen LogP contribution is -2.18. The van der Waals surface area contributed by atoms with E-state index in [0.29, 0.717) is 5.70 Å². The third-order valence-corrected chi connectivity index (χ3v) is 1.22. The van der Waals surface area contributed by atoms with Crippen molar-refractivity contribution in [3.63, 3.8) is 0 Å². The van der Waals surface area contributed by atoms with Crippen molar-refractivity contribution in [3.8, 4) is 0 Å². The van der Waals surface area contributed by atoms with Crippen LogP contribution in [0.4, 0.5) is 0 Å². The van der Waals surface area contributed by atoms with Crippen LogP contribution >= 0.6 is 0 Å². The fourth-order valence-corrected chi connectivity index (χ4v) is 0.714. The van der Waals surface area contributed by atoms with Crippen molar-refractivity contribution in [2.75, 3.05) is 7.11 Å². The summed E-state index contributed by atoms with van der Waals surface area (Å²) in [5, 5.41) is 2.78. The van der Waals surface area contributed by atoms with Crippen LogP contribution < -0.4 is 5.32 Å². The number of ether oxygens (including phenoxy) is 1. The van der Waals surface area contributed by atoms with Crippen molar-refractivity contribution < 1.29 is 9.53 Å². The molecule has 54 valence electrons. The Balaban J connectivity index is 2.56. The van der Waals surface area contributed by atoms with Gasteiger partial charge in [-0.3, -0.25) is 0 Å². The van der Waals surface area contributed by atoms with Crippen molar-refractivity contribution in [3.05, 3.63) is 24.0 Å². The Kier molecular flexibility index (Phi) is 2.10. The molecule has 0 saturated carbocycles. The molecular formula is C7H9NO2. The first-order valence-corrected chi connectivity index (χ1v) is 3.04. The average Bonchev–Trinajstić information content (AvgIpc) is 2.05. The molecule has 0 bridgehead atoms. The molecule has 0 amide bonds. The van der Waals surface area contributed by atoms with E-state index in [-0.39, 0.29) is 5.97 Å². The summed E-state index contributed by atoms with van der Waals surface area (Å²) in [6.07, 6.45) is 6.22. The lowest BCUT2D eigenvalue weighted by molar-refractivity contribution is -0.136. The minimum atomic E-state index is -0.315. The Morgan fingerprint density at radius 2 is 2.60 bits per heavy atom. The van der Waals surface area contributed by atoms with Gasteiger partial charge < -0.3 is 10.1 Å². The highest BCUT2D eigenvalue weighted by atomic mass is 16.5. The third kappa shape index (κ3) is 1.37. The van der Waals surface area contributed by atoms with Gasteiger partial charge in [-0.15, -0.1) is 0 Å². The minimum Gasteiger partial charge on any atom is -0.464 e. The molecule has 0 aromatic rings. The van der Waals surface area contributed by atoms with Crippen LogP contribution in [0.5, 0.6) is 0 Å². The molecule has 0 fully saturated rings. The fourth-order valence-electron chi connectivity index (χ4n) is 0.714. The number of hydrogen-bond acceptors (Lipinski definition) is 3. The largest absolute Gasteiger partial charge is 0.464 e. The average molecular weight is 139 g/mol. The van der Waals surface area contributed by atoms with Gasteiger partial charge >= 0.3 is 5.97 Å². The van der Waals surface area contributed by atoms with Gasteiger partial charge in [-0.2, -0.15) is 0 Å². The second kappa shape index (κ2) is 3.06. The molecule has 1 aliphatic rings. The number of carbonyl (C=O) groups is 1. The highest BCUT2D eigenvalue weighted by molar-refractivity contribution is 5.88. The van der Waals surface area contributed by atoms with E-state index in [4.69, 9.17) is 0 Å². The molecule has 10 heavy (non-hydrogen) atoms. The van der Waals surface area contributed by atoms with Crippen LogP contribution in [0.3, 0.4) is 0 Å². The van der Waals surface area contributed by atoms with Gasteiger partial charge in [0.2, 0.25) is 0 Å². The SMILES string of the molecule is COC(=O)C1=CCC=CN1. The summed E-state index contributed by atoms with van der Waals surface area (Å²) in [6.45, 7) is 0. The van der Waals surface area contributed by atoms with Crippen LogP contribution in [-0.4, -0.2) is 13.1 Å². The first-order valence-electron chi connectivity index (χ1n) is 3.04. The Morgan fingerprint density at radius 1 is 1.80 bits per heavy atom. The standard InChI is InChI=1S/C7H9NO2/c1-10-7(9)6-4-2-3-5-8-6/h3-5,8H,2H2,1H3. The minimum absolute atomic E-state index is 0.315. The van der Waals surface area contributed by atoms with Gasteiger partial charge in [0.05, 0.1) is 7.11 Å². The van der Waals surface area contributed by atoms with Crippen LogP contribution in [0.1, 0.15) is 6.42 Å². The quantitative estimate of drug-likeness (QED) is 0.539. The predicted molar refractivity (Wildman–Crippen MR) is 37.0 cm³/mol. The second-order valence-electron chi connectivity index (χ2n) is 1.89. The van der Waals surface area contributed by atoms with E-state index in [1.807, 2.05) is 6.08 Å². The first-order chi connectivity index (χ1) is 4.84. The zero-order chi connectivity index (χ0) is 7.40. The van der Waals surface area contributed by atoms with Crippen LogP contribution in [0.2, 0.25) is 0 Å². The second-order valence-corrected chi connectivity index (χ2v) is 1.89. The Morgan fingerprint density at radius 3 is 3.10 bits per heavy atom. The van der Waals surface area contributed by atoms with E-state index in [9.17, 15) is 4.79 Å². The van der Waals surface area contributed by atoms with E-state index in [1.54, 1.807) is 12.3 Å². The Labute approximate surface area is 59.4 Å². The lowest BCUT2D eigenvalue weighted by atomic mass is 10.2. The molecular weight excluding hydrogens is 130 g/mol. The maximum Gasteiger partial charge on any atom is 0.354 e. The normalized spacial score (nSPS) is 15.5. The molecule has 0 unspecified atom stereocenters. The monoisotopic (exact) mass is 139 g/mol. The van der Waals surface area contributed by atoms with E-state index >= 15 is 0 Å². The topological polar surface area (TPSA) is 38.3 Å². The summed E-state index contributed by atoms with van der Waals surface area (Å²) in [7, 11) is 1.36. The van der Waals surface area contributed by atoms with Gasteiger partial charge in [-0.05, 0) is 18.7 Å². The molecule has 3 nitrogen and oxygen atoms in total. The summed E-state index contributed by atoms with van der Waals surface area (Å²) in [5.41, 5.74) is 0.519. The number of carbonyl (C=O) groups excluding carboxylic acids is 1. The summed E-state index contributed by atoms with van der Waals surface area (Å²) in [6, 6.07) is 0. The molecule has 0 aliphatic carbocycles. The summed E-state index contributed by atoms with van der Waals surface area (Å²) in [4.78, 5) is 10.8. The van der Waals surface area contributed by atoms with E-state index in [1.165, 1.54) is 7.11 Å². The molecule has 1 rings (SSSR count). The fraction of sp³-hybridized carbons (Fsp3) is 0.286. The lowest BCUT2D eigenvalue weighted by Gasteiger charge is -2.06. The summed E-state index contributed by atoms with van der Waals surface area (Å²) >= 11 is 0. The van der Waals surface area contributed by atoms with Gasteiger partial charge in [-0.25, -0.2) is 4.79 Å². The molecule has 0 aromatic carbocycles. The van der Waals surface area contributed by atoms with Gasteiger partial charge in [0.1, 0.15) is 5.70 Å². The molecule has 0 spiro atoms. The van der Waals surface area contributed by atoms with E-state index in [0.717, 1.165) is 6.42 Å². The first kappa shape index (κ1) is 6.86. The van der Waals surface area contributed by atoms with Gasteiger partial charge in [0.25, 0.3) is 0 Å². The van der Waals surface area contributed by atoms with Crippen molar-refractivity contribution in [2.24, 2.45) is 0 Å². The molecule has 1 heterocycles. The maximum atomic E-state index is 10.8. The number of nitrogens with one attached hydrogen (secondary N) is 1. The number of hydrogen-bond donors (Lipinski definition) is 1. The maximum absolute atomic E-state index is 10.8. The van der Waals surface area contributed by atoms with Gasteiger partial charge in [0.15, 0.2) is 0 Å². The number of methoxy groups -OCH3 is 1. The molecule has 1 N–H and O–H groups in total. The van der Waals surface area contributed by atoms with Crippen LogP contribution in [-0.2, 0) is 9.53 Å². The predicted octanol–water partition coefficient (Wildman–Crippen LogP) is 0.550. The van der Waals surface area contributed by atoms with Gasteiger partial charge in [0, 0.05) is 0 Å². The van der Waals surface area contributed by atoms with Crippen molar-refractivity contribution in [1.29, 1.82) is 0 Å². The molecule has 1 aliphatic heterocycles. The zero-order valence-electron chi connectivity index (χ0n) is 5.76. The number of dihydropyridines is 1. The number of allylic oxidation sites excluding steroid dienone is 2. The highest BCUT2D eigenvalue weighted by Gasteiger charge is 2.07. The van der Waals surface area contributed by atoms with Crippen LogP contribution in [0.25, 0.3) is 0 Å². The van der Waals surface area contributed by atoms with E-state index < -0.39 is 0 Å². The number of rotatable bonds is 1. The van der Waals surface area contributed by atoms with Crippen LogP contribution in [0, 0.1) is 0 Å². The van der Waals surface area contributed by atoms with Gasteiger partial charge in [-0.1, -0.05) is 6.08 Å². The Bertz CT molecular complexity index is 194. The molecule has 0 saturated heterocycles.